The molecule has 4 rings (SSSR count). The second-order valence-corrected chi connectivity index (χ2v) is 10.3. The minimum absolute atomic E-state index is 0.0392. The van der Waals surface area contributed by atoms with Crippen LogP contribution in [0.5, 0.6) is 11.5 Å². The largest absolute Gasteiger partial charge is 0.497 e. The molecule has 1 atom stereocenters. The fraction of sp³-hybridized carbons (Fsp3) is 0.355. The highest BCUT2D eigenvalue weighted by Crippen LogP contribution is 2.40. The maximum absolute atomic E-state index is 13.2. The highest BCUT2D eigenvalue weighted by Gasteiger charge is 2.43. The van der Waals surface area contributed by atoms with Crippen molar-refractivity contribution in [3.63, 3.8) is 0 Å². The summed E-state index contributed by atoms with van der Waals surface area (Å²) in [6, 6.07) is 27.2. The van der Waals surface area contributed by atoms with Gasteiger partial charge >= 0.3 is 0 Å². The van der Waals surface area contributed by atoms with Crippen LogP contribution in [0.3, 0.4) is 0 Å². The molecule has 0 unspecified atom stereocenters. The first kappa shape index (κ1) is 26.2. The van der Waals surface area contributed by atoms with Gasteiger partial charge in [0.15, 0.2) is 0 Å². The molecule has 0 aliphatic carbocycles. The van der Waals surface area contributed by atoms with Crippen molar-refractivity contribution in [2.24, 2.45) is 5.73 Å². The summed E-state index contributed by atoms with van der Waals surface area (Å²) in [5.74, 6) is 0.867. The Morgan fingerprint density at radius 1 is 1.03 bits per heavy atom. The third-order valence-electron chi connectivity index (χ3n) is 7.67. The summed E-state index contributed by atoms with van der Waals surface area (Å²) in [5, 5.41) is 9.50. The van der Waals surface area contributed by atoms with Crippen LogP contribution in [0, 0.1) is 11.3 Å². The first-order valence-corrected chi connectivity index (χ1v) is 12.7. The number of benzene rings is 3. The summed E-state index contributed by atoms with van der Waals surface area (Å²) < 4.78 is 11.6. The Kier molecular flexibility index (Phi) is 7.85. The van der Waals surface area contributed by atoms with E-state index in [0.717, 1.165) is 37.1 Å². The number of likely N-dealkylation sites (tertiary alicyclic amines) is 1. The van der Waals surface area contributed by atoms with Crippen LogP contribution in [-0.4, -0.2) is 42.6 Å². The lowest BCUT2D eigenvalue weighted by atomic mass is 9.69. The number of amides is 1. The quantitative estimate of drug-likeness (QED) is 0.423. The lowest BCUT2D eigenvalue weighted by molar-refractivity contribution is -0.122. The molecule has 1 heterocycles. The van der Waals surface area contributed by atoms with E-state index in [0.29, 0.717) is 23.5 Å². The van der Waals surface area contributed by atoms with Gasteiger partial charge in [-0.2, -0.15) is 5.26 Å². The Hall–Kier alpha value is -3.82. The number of ether oxygens (including phenoxy) is 2. The molecule has 192 valence electrons. The van der Waals surface area contributed by atoms with Gasteiger partial charge in [0.05, 0.1) is 18.1 Å². The molecule has 0 bridgehead atoms. The number of hydrogen-bond acceptors (Lipinski definition) is 5. The Labute approximate surface area is 219 Å². The van der Waals surface area contributed by atoms with Gasteiger partial charge in [-0.1, -0.05) is 60.7 Å². The average molecular weight is 498 g/mol. The van der Waals surface area contributed by atoms with Crippen LogP contribution >= 0.6 is 0 Å². The number of nitriles is 1. The summed E-state index contributed by atoms with van der Waals surface area (Å²) in [5.41, 5.74) is 7.37. The molecule has 1 saturated heterocycles. The van der Waals surface area contributed by atoms with E-state index in [2.05, 4.69) is 24.8 Å². The number of carbonyl (C=O) groups is 1. The standard InChI is InChI=1S/C31H35N3O3/c1-30(2,34-19-16-27(22-34)37-28-20-26(36-3)15-14-23(28)21-32)17-18-31(29(33)35,24-10-6-4-7-11-24)25-12-8-5-9-13-25/h4-15,20,27H,16-19,22H2,1-3H3,(H2,33,35)/t27-/m0/s1. The second-order valence-electron chi connectivity index (χ2n) is 10.3. The van der Waals surface area contributed by atoms with Crippen molar-refractivity contribution in [2.75, 3.05) is 20.2 Å². The zero-order chi connectivity index (χ0) is 26.5. The summed E-state index contributed by atoms with van der Waals surface area (Å²) in [6.07, 6.45) is 2.15. The number of hydrogen-bond donors (Lipinski definition) is 1. The first-order chi connectivity index (χ1) is 17.8. The number of carbonyl (C=O) groups excluding carboxylic acids is 1. The number of nitrogens with two attached hydrogens (primary N) is 1. The van der Waals surface area contributed by atoms with Gasteiger partial charge in [-0.3, -0.25) is 9.69 Å². The lowest BCUT2D eigenvalue weighted by Gasteiger charge is -2.40. The third kappa shape index (κ3) is 5.47. The molecule has 0 saturated carbocycles. The number of methoxy groups -OCH3 is 1. The Bertz CT molecular complexity index is 1210. The minimum atomic E-state index is -0.919. The minimum Gasteiger partial charge on any atom is -0.497 e. The zero-order valence-corrected chi connectivity index (χ0v) is 21.8. The first-order valence-electron chi connectivity index (χ1n) is 12.7. The summed E-state index contributed by atoms with van der Waals surface area (Å²) in [7, 11) is 1.60. The molecular formula is C31H35N3O3. The Balaban J connectivity index is 1.53. The fourth-order valence-corrected chi connectivity index (χ4v) is 5.33. The predicted octanol–water partition coefficient (Wildman–Crippen LogP) is 5.05. The van der Waals surface area contributed by atoms with Gasteiger partial charge in [0.2, 0.25) is 5.91 Å². The van der Waals surface area contributed by atoms with E-state index < -0.39 is 5.41 Å². The lowest BCUT2D eigenvalue weighted by Crippen LogP contribution is -2.47. The van der Waals surface area contributed by atoms with E-state index in [1.54, 1.807) is 25.3 Å². The molecule has 6 nitrogen and oxygen atoms in total. The van der Waals surface area contributed by atoms with Crippen LogP contribution in [0.4, 0.5) is 0 Å². The monoisotopic (exact) mass is 497 g/mol. The van der Waals surface area contributed by atoms with Gasteiger partial charge in [-0.25, -0.2) is 0 Å². The molecule has 2 N–H and O–H groups in total. The number of nitrogens with zero attached hydrogens (tertiary/aromatic N) is 2. The summed E-state index contributed by atoms with van der Waals surface area (Å²) in [6.45, 7) is 6.02. The van der Waals surface area contributed by atoms with E-state index >= 15 is 0 Å². The molecule has 0 aromatic heterocycles. The smallest absolute Gasteiger partial charge is 0.232 e. The van der Waals surface area contributed by atoms with E-state index in [1.807, 2.05) is 60.7 Å². The molecule has 1 aliphatic rings. The summed E-state index contributed by atoms with van der Waals surface area (Å²) in [4.78, 5) is 15.6. The highest BCUT2D eigenvalue weighted by molar-refractivity contribution is 5.90. The van der Waals surface area contributed by atoms with Crippen LogP contribution in [-0.2, 0) is 10.2 Å². The van der Waals surface area contributed by atoms with Crippen molar-refractivity contribution < 1.29 is 14.3 Å². The maximum Gasteiger partial charge on any atom is 0.232 e. The van der Waals surface area contributed by atoms with Gasteiger partial charge in [-0.15, -0.1) is 0 Å². The second kappa shape index (κ2) is 11.1. The molecule has 3 aromatic rings. The van der Waals surface area contributed by atoms with Gasteiger partial charge in [0.25, 0.3) is 0 Å². The van der Waals surface area contributed by atoms with E-state index in [-0.39, 0.29) is 17.6 Å². The van der Waals surface area contributed by atoms with Gasteiger partial charge in [-0.05, 0) is 56.4 Å². The van der Waals surface area contributed by atoms with Crippen molar-refractivity contribution in [1.82, 2.24) is 4.90 Å². The maximum atomic E-state index is 13.2. The van der Waals surface area contributed by atoms with Crippen LogP contribution < -0.4 is 15.2 Å². The van der Waals surface area contributed by atoms with Crippen LogP contribution in [0.25, 0.3) is 0 Å². The van der Waals surface area contributed by atoms with Crippen molar-refractivity contribution in [3.8, 4) is 17.6 Å². The van der Waals surface area contributed by atoms with Crippen molar-refractivity contribution in [3.05, 3.63) is 95.6 Å². The SMILES string of the molecule is COc1ccc(C#N)c(O[C@H]2CCN(C(C)(C)CCC(C(N)=O)(c3ccccc3)c3ccccc3)C2)c1. The Morgan fingerprint density at radius 3 is 2.19 bits per heavy atom. The van der Waals surface area contributed by atoms with Crippen molar-refractivity contribution in [2.45, 2.75) is 50.2 Å². The fourth-order valence-electron chi connectivity index (χ4n) is 5.33. The molecule has 3 aromatic carbocycles. The van der Waals surface area contributed by atoms with Crippen LogP contribution in [0.15, 0.2) is 78.9 Å². The molecule has 0 spiro atoms. The van der Waals surface area contributed by atoms with Gasteiger partial charge in [0.1, 0.15) is 23.7 Å². The molecule has 1 fully saturated rings. The van der Waals surface area contributed by atoms with Crippen LogP contribution in [0.2, 0.25) is 0 Å². The zero-order valence-electron chi connectivity index (χ0n) is 21.8. The molecular weight excluding hydrogens is 462 g/mol. The highest BCUT2D eigenvalue weighted by atomic mass is 16.5. The molecule has 1 aliphatic heterocycles. The average Bonchev–Trinajstić information content (AvgIpc) is 3.39. The molecule has 0 radical (unpaired) electrons. The molecule has 6 heteroatoms. The van der Waals surface area contributed by atoms with E-state index in [9.17, 15) is 10.1 Å². The topological polar surface area (TPSA) is 88.6 Å². The summed E-state index contributed by atoms with van der Waals surface area (Å²) >= 11 is 0. The van der Waals surface area contributed by atoms with Crippen molar-refractivity contribution >= 4 is 5.91 Å². The molecule has 1 amide bonds. The Morgan fingerprint density at radius 2 is 1.65 bits per heavy atom. The van der Waals surface area contributed by atoms with E-state index in [1.165, 1.54) is 0 Å². The van der Waals surface area contributed by atoms with Gasteiger partial charge < -0.3 is 15.2 Å². The number of rotatable bonds is 10. The molecule has 37 heavy (non-hydrogen) atoms. The normalized spacial score (nSPS) is 16.2. The van der Waals surface area contributed by atoms with Crippen LogP contribution in [0.1, 0.15) is 49.8 Å². The predicted molar refractivity (Wildman–Crippen MR) is 144 cm³/mol. The van der Waals surface area contributed by atoms with Crippen molar-refractivity contribution in [1.29, 1.82) is 5.26 Å². The number of primary amides is 1. The van der Waals surface area contributed by atoms with Gasteiger partial charge in [0, 0.05) is 24.7 Å². The third-order valence-corrected chi connectivity index (χ3v) is 7.67. The van der Waals surface area contributed by atoms with E-state index in [4.69, 9.17) is 15.2 Å².